The zero-order valence-corrected chi connectivity index (χ0v) is 8.85. The van der Waals surface area contributed by atoms with Crippen molar-refractivity contribution in [2.24, 2.45) is 0 Å². The van der Waals surface area contributed by atoms with Crippen LogP contribution >= 0.6 is 24.8 Å². The first-order chi connectivity index (χ1) is 5.45. The third-order valence-corrected chi connectivity index (χ3v) is 2.04. The van der Waals surface area contributed by atoms with Crippen molar-refractivity contribution >= 4 is 24.8 Å². The monoisotopic (exact) mass is 224 g/mol. The molecule has 13 heavy (non-hydrogen) atoms. The second kappa shape index (κ2) is 6.18. The molecule has 4 nitrogen and oxygen atoms in total. The second-order valence-electron chi connectivity index (χ2n) is 2.91. The molecule has 1 aliphatic rings. The lowest BCUT2D eigenvalue weighted by Crippen LogP contribution is -2.26. The highest BCUT2D eigenvalue weighted by Crippen LogP contribution is 2.05. The van der Waals surface area contributed by atoms with Gasteiger partial charge in [0.25, 0.3) is 0 Å². The van der Waals surface area contributed by atoms with Crippen LogP contribution < -0.4 is 5.32 Å². The summed E-state index contributed by atoms with van der Waals surface area (Å²) in [7, 11) is 0. The lowest BCUT2D eigenvalue weighted by atomic mass is 10.2. The summed E-state index contributed by atoms with van der Waals surface area (Å²) in [5.74, 6) is 0. The standard InChI is InChI=1S/C7H12N4.2ClH/c1-2-7(9-3-1)4-11-6-8-5-10-11;;/h5-7,9H,1-4H2;2*1H/t7-;;/m0../s1. The molecule has 1 saturated heterocycles. The van der Waals surface area contributed by atoms with Crippen LogP contribution in [0.25, 0.3) is 0 Å². The third kappa shape index (κ3) is 3.50. The predicted octanol–water partition coefficient (Wildman–Crippen LogP) is 0.874. The summed E-state index contributed by atoms with van der Waals surface area (Å²) in [6, 6.07) is 0.608. The quantitative estimate of drug-likeness (QED) is 0.812. The minimum atomic E-state index is 0. The molecule has 1 atom stereocenters. The Balaban J connectivity index is 0.000000720. The Hall–Kier alpha value is -0.320. The molecule has 1 aromatic rings. The number of aromatic nitrogens is 3. The Kier molecular flexibility index (Phi) is 6.03. The Labute approximate surface area is 89.9 Å². The summed E-state index contributed by atoms with van der Waals surface area (Å²) in [6.45, 7) is 2.11. The number of halogens is 2. The van der Waals surface area contributed by atoms with E-state index in [1.165, 1.54) is 12.8 Å². The Morgan fingerprint density at radius 3 is 2.85 bits per heavy atom. The van der Waals surface area contributed by atoms with Crippen LogP contribution in [0.2, 0.25) is 0 Å². The fourth-order valence-electron chi connectivity index (χ4n) is 1.47. The molecule has 0 spiro atoms. The smallest absolute Gasteiger partial charge is 0.137 e. The molecule has 1 aliphatic heterocycles. The van der Waals surface area contributed by atoms with Crippen molar-refractivity contribution in [2.75, 3.05) is 6.54 Å². The zero-order chi connectivity index (χ0) is 7.52. The van der Waals surface area contributed by atoms with Crippen LogP contribution in [-0.2, 0) is 6.54 Å². The van der Waals surface area contributed by atoms with E-state index in [-0.39, 0.29) is 24.8 Å². The molecule has 0 amide bonds. The lowest BCUT2D eigenvalue weighted by molar-refractivity contribution is 0.475. The SMILES string of the molecule is Cl.Cl.c1ncn(C[C@@H]2CCCN2)n1. The minimum Gasteiger partial charge on any atom is -0.312 e. The highest BCUT2D eigenvalue weighted by atomic mass is 35.5. The van der Waals surface area contributed by atoms with Gasteiger partial charge in [0, 0.05) is 6.04 Å². The molecular weight excluding hydrogens is 211 g/mol. The predicted molar refractivity (Wildman–Crippen MR) is 55.5 cm³/mol. The number of nitrogens with one attached hydrogen (secondary N) is 1. The van der Waals surface area contributed by atoms with Crippen molar-refractivity contribution in [3.63, 3.8) is 0 Å². The van der Waals surface area contributed by atoms with E-state index in [0.29, 0.717) is 6.04 Å². The van der Waals surface area contributed by atoms with Crippen LogP contribution in [0, 0.1) is 0 Å². The first-order valence-corrected chi connectivity index (χ1v) is 4.01. The maximum Gasteiger partial charge on any atom is 0.137 e. The molecule has 1 fully saturated rings. The molecule has 0 bridgehead atoms. The van der Waals surface area contributed by atoms with E-state index in [1.54, 1.807) is 12.7 Å². The van der Waals surface area contributed by atoms with Crippen LogP contribution in [0.1, 0.15) is 12.8 Å². The molecule has 2 heterocycles. The number of nitrogens with zero attached hydrogens (tertiary/aromatic N) is 3. The van der Waals surface area contributed by atoms with Crippen LogP contribution in [0.15, 0.2) is 12.7 Å². The molecular formula is C7H14Cl2N4. The van der Waals surface area contributed by atoms with Crippen molar-refractivity contribution in [3.8, 4) is 0 Å². The molecule has 0 saturated carbocycles. The van der Waals surface area contributed by atoms with Gasteiger partial charge in [0.05, 0.1) is 6.54 Å². The van der Waals surface area contributed by atoms with Gasteiger partial charge in [-0.3, -0.25) is 4.68 Å². The summed E-state index contributed by atoms with van der Waals surface area (Å²) in [5, 5.41) is 7.45. The Bertz CT molecular complexity index is 208. The van der Waals surface area contributed by atoms with E-state index < -0.39 is 0 Å². The topological polar surface area (TPSA) is 42.7 Å². The third-order valence-electron chi connectivity index (χ3n) is 2.04. The lowest BCUT2D eigenvalue weighted by Gasteiger charge is -2.08. The van der Waals surface area contributed by atoms with E-state index in [9.17, 15) is 0 Å². The summed E-state index contributed by atoms with van der Waals surface area (Å²) >= 11 is 0. The molecule has 0 aliphatic carbocycles. The fraction of sp³-hybridized carbons (Fsp3) is 0.714. The highest BCUT2D eigenvalue weighted by Gasteiger charge is 2.13. The molecule has 1 N–H and O–H groups in total. The Morgan fingerprint density at radius 2 is 2.31 bits per heavy atom. The van der Waals surface area contributed by atoms with Gasteiger partial charge >= 0.3 is 0 Å². The first-order valence-electron chi connectivity index (χ1n) is 4.01. The van der Waals surface area contributed by atoms with Crippen molar-refractivity contribution < 1.29 is 0 Å². The summed E-state index contributed by atoms with van der Waals surface area (Å²) in [6.07, 6.45) is 5.90. The van der Waals surface area contributed by atoms with Crippen LogP contribution in [0.5, 0.6) is 0 Å². The van der Waals surface area contributed by atoms with Crippen molar-refractivity contribution in [2.45, 2.75) is 25.4 Å². The first kappa shape index (κ1) is 12.7. The number of hydrogen-bond donors (Lipinski definition) is 1. The molecule has 2 rings (SSSR count). The van der Waals surface area contributed by atoms with Crippen molar-refractivity contribution in [1.82, 2.24) is 20.1 Å². The molecule has 0 unspecified atom stereocenters. The zero-order valence-electron chi connectivity index (χ0n) is 7.22. The molecule has 0 radical (unpaired) electrons. The highest BCUT2D eigenvalue weighted by molar-refractivity contribution is 5.85. The van der Waals surface area contributed by atoms with Gasteiger partial charge in [0.15, 0.2) is 0 Å². The summed E-state index contributed by atoms with van der Waals surface area (Å²) in [5.41, 5.74) is 0. The molecule has 76 valence electrons. The number of rotatable bonds is 2. The molecule has 1 aromatic heterocycles. The maximum absolute atomic E-state index is 4.05. The van der Waals surface area contributed by atoms with Crippen LogP contribution in [-0.4, -0.2) is 27.4 Å². The van der Waals surface area contributed by atoms with E-state index in [4.69, 9.17) is 0 Å². The summed E-state index contributed by atoms with van der Waals surface area (Å²) < 4.78 is 1.88. The van der Waals surface area contributed by atoms with Crippen LogP contribution in [0.4, 0.5) is 0 Å². The van der Waals surface area contributed by atoms with Gasteiger partial charge in [-0.1, -0.05) is 0 Å². The maximum atomic E-state index is 4.05. The van der Waals surface area contributed by atoms with Crippen molar-refractivity contribution in [1.29, 1.82) is 0 Å². The average molecular weight is 225 g/mol. The van der Waals surface area contributed by atoms with Gasteiger partial charge in [-0.15, -0.1) is 24.8 Å². The fourth-order valence-corrected chi connectivity index (χ4v) is 1.47. The minimum absolute atomic E-state index is 0. The van der Waals surface area contributed by atoms with E-state index in [2.05, 4.69) is 15.4 Å². The van der Waals surface area contributed by atoms with Gasteiger partial charge in [0.2, 0.25) is 0 Å². The van der Waals surface area contributed by atoms with E-state index >= 15 is 0 Å². The van der Waals surface area contributed by atoms with E-state index in [0.717, 1.165) is 13.1 Å². The molecule has 0 aromatic carbocycles. The van der Waals surface area contributed by atoms with Gasteiger partial charge in [-0.05, 0) is 19.4 Å². The average Bonchev–Trinajstić information content (AvgIpc) is 2.60. The van der Waals surface area contributed by atoms with Gasteiger partial charge < -0.3 is 5.32 Å². The summed E-state index contributed by atoms with van der Waals surface area (Å²) in [4.78, 5) is 3.89. The number of hydrogen-bond acceptors (Lipinski definition) is 3. The largest absolute Gasteiger partial charge is 0.312 e. The molecule has 6 heteroatoms. The van der Waals surface area contributed by atoms with Gasteiger partial charge in [-0.25, -0.2) is 4.98 Å². The van der Waals surface area contributed by atoms with Gasteiger partial charge in [0.1, 0.15) is 12.7 Å². The van der Waals surface area contributed by atoms with E-state index in [1.807, 2.05) is 4.68 Å². The van der Waals surface area contributed by atoms with Crippen molar-refractivity contribution in [3.05, 3.63) is 12.7 Å². The Morgan fingerprint density at radius 1 is 1.46 bits per heavy atom. The van der Waals surface area contributed by atoms with Gasteiger partial charge in [-0.2, -0.15) is 5.10 Å². The normalized spacial score (nSPS) is 20.5. The second-order valence-corrected chi connectivity index (χ2v) is 2.91. The van der Waals surface area contributed by atoms with Crippen LogP contribution in [0.3, 0.4) is 0 Å².